The smallest absolute Gasteiger partial charge is 0.342 e. The van der Waals surface area contributed by atoms with Gasteiger partial charge in [0.2, 0.25) is 0 Å². The van der Waals surface area contributed by atoms with Gasteiger partial charge in [-0.1, -0.05) is 15.9 Å². The Morgan fingerprint density at radius 3 is 2.43 bits per heavy atom. The quantitative estimate of drug-likeness (QED) is 0.659. The number of nitro benzene ring substituents is 1. The van der Waals surface area contributed by atoms with Crippen molar-refractivity contribution >= 4 is 27.6 Å². The number of nitro groups is 1. The number of hydrogen-bond donors (Lipinski definition) is 1. The average molecular weight is 352 g/mol. The van der Waals surface area contributed by atoms with Crippen LogP contribution in [-0.2, 0) is 0 Å². The third-order valence-corrected chi connectivity index (χ3v) is 3.65. The van der Waals surface area contributed by atoms with E-state index in [4.69, 9.17) is 9.84 Å². The molecule has 1 N–H and O–H groups in total. The number of aromatic carboxylic acids is 1. The van der Waals surface area contributed by atoms with Crippen LogP contribution in [0.2, 0.25) is 0 Å². The first-order valence-electron chi connectivity index (χ1n) is 5.84. The van der Waals surface area contributed by atoms with Crippen LogP contribution in [0.15, 0.2) is 40.9 Å². The molecule has 7 heteroatoms. The summed E-state index contributed by atoms with van der Waals surface area (Å²) in [6.45, 7) is 1.88. The maximum atomic E-state index is 11.1. The maximum absolute atomic E-state index is 11.1. The molecule has 0 saturated heterocycles. The summed E-state index contributed by atoms with van der Waals surface area (Å²) in [5.41, 5.74) is 0.0704. The van der Waals surface area contributed by atoms with E-state index in [-0.39, 0.29) is 5.75 Å². The topological polar surface area (TPSA) is 89.7 Å². The van der Waals surface area contributed by atoms with E-state index >= 15 is 0 Å². The van der Waals surface area contributed by atoms with Crippen molar-refractivity contribution in [1.29, 1.82) is 0 Å². The normalized spacial score (nSPS) is 10.2. The lowest BCUT2D eigenvalue weighted by Crippen LogP contribution is -2.02. The van der Waals surface area contributed by atoms with Gasteiger partial charge in [-0.15, -0.1) is 0 Å². The fourth-order valence-electron chi connectivity index (χ4n) is 1.73. The van der Waals surface area contributed by atoms with Gasteiger partial charge < -0.3 is 9.84 Å². The Morgan fingerprint density at radius 1 is 1.24 bits per heavy atom. The van der Waals surface area contributed by atoms with Crippen LogP contribution < -0.4 is 4.74 Å². The van der Waals surface area contributed by atoms with E-state index < -0.39 is 22.1 Å². The summed E-state index contributed by atoms with van der Waals surface area (Å²) in [5.74, 6) is -0.639. The standard InChI is InChI=1S/C14H10BrNO5/c1-8-6-9(2-4-12(8)15)21-10-3-5-13(16(19)20)11(7-10)14(17)18/h2-7H,1H3,(H,17,18). The fraction of sp³-hybridized carbons (Fsp3) is 0.0714. The van der Waals surface area contributed by atoms with Gasteiger partial charge in [0.1, 0.15) is 17.1 Å². The predicted octanol–water partition coefficient (Wildman–Crippen LogP) is 4.16. The average Bonchev–Trinajstić information content (AvgIpc) is 2.42. The van der Waals surface area contributed by atoms with Crippen molar-refractivity contribution in [3.63, 3.8) is 0 Å². The van der Waals surface area contributed by atoms with Crippen molar-refractivity contribution in [1.82, 2.24) is 0 Å². The third-order valence-electron chi connectivity index (χ3n) is 2.76. The molecule has 0 atom stereocenters. The van der Waals surface area contributed by atoms with E-state index in [2.05, 4.69) is 15.9 Å². The lowest BCUT2D eigenvalue weighted by molar-refractivity contribution is -0.385. The second-order valence-corrected chi connectivity index (χ2v) is 5.11. The molecule has 0 amide bonds. The highest BCUT2D eigenvalue weighted by atomic mass is 79.9. The minimum absolute atomic E-state index is 0.222. The van der Waals surface area contributed by atoms with E-state index in [1.807, 2.05) is 6.92 Å². The lowest BCUT2D eigenvalue weighted by atomic mass is 10.1. The van der Waals surface area contributed by atoms with Crippen LogP contribution in [0.4, 0.5) is 5.69 Å². The first-order chi connectivity index (χ1) is 9.88. The predicted molar refractivity (Wildman–Crippen MR) is 79.0 cm³/mol. The van der Waals surface area contributed by atoms with Crippen LogP contribution >= 0.6 is 15.9 Å². The van der Waals surface area contributed by atoms with Gasteiger partial charge in [0.15, 0.2) is 0 Å². The van der Waals surface area contributed by atoms with Gasteiger partial charge in [-0.2, -0.15) is 0 Å². The van der Waals surface area contributed by atoms with Crippen molar-refractivity contribution in [2.24, 2.45) is 0 Å². The Morgan fingerprint density at radius 2 is 1.86 bits per heavy atom. The molecular weight excluding hydrogens is 342 g/mol. The minimum atomic E-state index is -1.38. The van der Waals surface area contributed by atoms with E-state index in [9.17, 15) is 14.9 Å². The van der Waals surface area contributed by atoms with Gasteiger partial charge in [0, 0.05) is 16.6 Å². The zero-order valence-electron chi connectivity index (χ0n) is 10.9. The van der Waals surface area contributed by atoms with Gasteiger partial charge in [-0.3, -0.25) is 10.1 Å². The highest BCUT2D eigenvalue weighted by molar-refractivity contribution is 9.10. The number of carbonyl (C=O) groups is 1. The monoisotopic (exact) mass is 351 g/mol. The van der Waals surface area contributed by atoms with Gasteiger partial charge in [-0.05, 0) is 36.8 Å². The van der Waals surface area contributed by atoms with E-state index in [1.165, 1.54) is 6.07 Å². The SMILES string of the molecule is Cc1cc(Oc2ccc([N+](=O)[O-])c(C(=O)O)c2)ccc1Br. The molecule has 2 aromatic carbocycles. The molecule has 0 spiro atoms. The van der Waals surface area contributed by atoms with Gasteiger partial charge in [0.05, 0.1) is 4.92 Å². The number of rotatable bonds is 4. The summed E-state index contributed by atoms with van der Waals surface area (Å²) in [4.78, 5) is 21.1. The van der Waals surface area contributed by atoms with E-state index in [1.54, 1.807) is 18.2 Å². The largest absolute Gasteiger partial charge is 0.477 e. The second-order valence-electron chi connectivity index (χ2n) is 4.25. The molecule has 0 aliphatic rings. The Balaban J connectivity index is 2.36. The number of carboxylic acid groups (broad SMARTS) is 1. The van der Waals surface area contributed by atoms with Crippen LogP contribution in [0.3, 0.4) is 0 Å². The van der Waals surface area contributed by atoms with E-state index in [0.717, 1.165) is 22.2 Å². The molecule has 6 nitrogen and oxygen atoms in total. The van der Waals surface area contributed by atoms with Crippen molar-refractivity contribution in [3.8, 4) is 11.5 Å². The second kappa shape index (κ2) is 5.92. The molecule has 2 aromatic rings. The first-order valence-corrected chi connectivity index (χ1v) is 6.63. The number of aryl methyl sites for hydroxylation is 1. The number of nitrogens with zero attached hydrogens (tertiary/aromatic N) is 1. The molecule has 0 radical (unpaired) electrons. The molecule has 0 aliphatic carbocycles. The Hall–Kier alpha value is -2.41. The molecular formula is C14H10BrNO5. The van der Waals surface area contributed by atoms with Crippen LogP contribution in [0, 0.1) is 17.0 Å². The van der Waals surface area contributed by atoms with Gasteiger partial charge in [0.25, 0.3) is 5.69 Å². The van der Waals surface area contributed by atoms with Gasteiger partial charge >= 0.3 is 5.97 Å². The summed E-state index contributed by atoms with van der Waals surface area (Å²) in [6.07, 6.45) is 0. The molecule has 0 aromatic heterocycles. The number of halogens is 1. The summed E-state index contributed by atoms with van der Waals surface area (Å²) in [7, 11) is 0. The molecule has 0 bridgehead atoms. The van der Waals surface area contributed by atoms with Crippen LogP contribution in [0.1, 0.15) is 15.9 Å². The Labute approximate surface area is 128 Å². The first kappa shape index (κ1) is 15.0. The molecule has 2 rings (SSSR count). The fourth-order valence-corrected chi connectivity index (χ4v) is 1.97. The molecule has 0 unspecified atom stereocenters. The van der Waals surface area contributed by atoms with Crippen LogP contribution in [-0.4, -0.2) is 16.0 Å². The highest BCUT2D eigenvalue weighted by Crippen LogP contribution is 2.29. The van der Waals surface area contributed by atoms with Gasteiger partial charge in [-0.25, -0.2) is 4.79 Å². The summed E-state index contributed by atoms with van der Waals surface area (Å²) in [6, 6.07) is 8.89. The van der Waals surface area contributed by atoms with Crippen molar-refractivity contribution in [2.45, 2.75) is 6.92 Å². The Bertz CT molecular complexity index is 729. The summed E-state index contributed by atoms with van der Waals surface area (Å²) in [5, 5.41) is 19.8. The highest BCUT2D eigenvalue weighted by Gasteiger charge is 2.20. The number of benzene rings is 2. The Kier molecular flexibility index (Phi) is 4.23. The third kappa shape index (κ3) is 3.38. The van der Waals surface area contributed by atoms with Crippen molar-refractivity contribution in [2.75, 3.05) is 0 Å². The molecule has 0 saturated carbocycles. The lowest BCUT2D eigenvalue weighted by Gasteiger charge is -2.08. The maximum Gasteiger partial charge on any atom is 0.342 e. The number of hydrogen-bond acceptors (Lipinski definition) is 4. The zero-order chi connectivity index (χ0) is 15.6. The molecule has 0 aliphatic heterocycles. The van der Waals surface area contributed by atoms with Crippen LogP contribution in [0.5, 0.6) is 11.5 Å². The molecule has 108 valence electrons. The summed E-state index contributed by atoms with van der Waals surface area (Å²) >= 11 is 3.36. The number of carboxylic acids is 1. The van der Waals surface area contributed by atoms with Crippen molar-refractivity contribution in [3.05, 3.63) is 62.1 Å². The van der Waals surface area contributed by atoms with Crippen molar-refractivity contribution < 1.29 is 19.6 Å². The number of ether oxygens (including phenoxy) is 1. The molecule has 0 heterocycles. The van der Waals surface area contributed by atoms with Crippen LogP contribution in [0.25, 0.3) is 0 Å². The molecule has 0 fully saturated rings. The molecule has 21 heavy (non-hydrogen) atoms. The zero-order valence-corrected chi connectivity index (χ0v) is 12.5. The van der Waals surface area contributed by atoms with E-state index in [0.29, 0.717) is 5.75 Å². The minimum Gasteiger partial charge on any atom is -0.477 e. The summed E-state index contributed by atoms with van der Waals surface area (Å²) < 4.78 is 6.45.